The van der Waals surface area contributed by atoms with Crippen LogP contribution in [0.2, 0.25) is 0 Å². The van der Waals surface area contributed by atoms with Gasteiger partial charge in [-0.15, -0.1) is 0 Å². The molecule has 5 heteroatoms. The Morgan fingerprint density at radius 1 is 1.45 bits per heavy atom. The van der Waals surface area contributed by atoms with E-state index in [0.717, 1.165) is 21.0 Å². The third-order valence-corrected chi connectivity index (χ3v) is 5.96. The first-order valence-corrected chi connectivity index (χ1v) is 9.71. The summed E-state index contributed by atoms with van der Waals surface area (Å²) in [6, 6.07) is 6.46. The molecule has 0 radical (unpaired) electrons. The number of likely N-dealkylation sites (N-methyl/N-ethyl adjacent to an activating group) is 1. The van der Waals surface area contributed by atoms with Gasteiger partial charge in [-0.25, -0.2) is 0 Å². The van der Waals surface area contributed by atoms with Crippen LogP contribution in [0.3, 0.4) is 0 Å². The van der Waals surface area contributed by atoms with Crippen LogP contribution in [0.1, 0.15) is 31.7 Å². The Bertz CT molecular complexity index is 523. The Hall–Kier alpha value is -0.520. The van der Waals surface area contributed by atoms with Crippen LogP contribution in [0.25, 0.3) is 0 Å². The first kappa shape index (κ1) is 17.8. The highest BCUT2D eigenvalue weighted by Crippen LogP contribution is 2.32. The van der Waals surface area contributed by atoms with E-state index in [1.54, 1.807) is 0 Å². The molecule has 0 heterocycles. The van der Waals surface area contributed by atoms with Crippen LogP contribution in [-0.4, -0.2) is 41.4 Å². The number of hydrogen-bond acceptors (Lipinski definition) is 3. The molecular formula is C17H25BrN2OS. The Labute approximate surface area is 146 Å². The maximum absolute atomic E-state index is 12.3. The van der Waals surface area contributed by atoms with Crippen LogP contribution in [0, 0.1) is 6.92 Å². The smallest absolute Gasteiger partial charge is 0.238 e. The van der Waals surface area contributed by atoms with Crippen LogP contribution in [0.5, 0.6) is 0 Å². The lowest BCUT2D eigenvalue weighted by Gasteiger charge is -2.24. The number of benzene rings is 1. The van der Waals surface area contributed by atoms with Crippen molar-refractivity contribution in [3.05, 3.63) is 28.2 Å². The molecule has 0 bridgehead atoms. The predicted octanol–water partition coefficient (Wildman–Crippen LogP) is 4.30. The topological polar surface area (TPSA) is 32.3 Å². The molecule has 0 saturated heterocycles. The molecular weight excluding hydrogens is 360 g/mol. The lowest BCUT2D eigenvalue weighted by Crippen LogP contribution is -2.37. The van der Waals surface area contributed by atoms with Gasteiger partial charge in [0.1, 0.15) is 0 Å². The number of hydrogen-bond donors (Lipinski definition) is 1. The van der Waals surface area contributed by atoms with Gasteiger partial charge < -0.3 is 5.32 Å². The van der Waals surface area contributed by atoms with E-state index in [0.29, 0.717) is 12.6 Å². The monoisotopic (exact) mass is 384 g/mol. The van der Waals surface area contributed by atoms with Gasteiger partial charge in [-0.05, 0) is 62.7 Å². The number of amides is 1. The molecule has 1 aliphatic carbocycles. The van der Waals surface area contributed by atoms with Crippen molar-refractivity contribution < 1.29 is 4.79 Å². The van der Waals surface area contributed by atoms with Crippen molar-refractivity contribution in [1.82, 2.24) is 4.90 Å². The van der Waals surface area contributed by atoms with Crippen molar-refractivity contribution in [2.45, 2.75) is 44.4 Å². The summed E-state index contributed by atoms with van der Waals surface area (Å²) in [5, 5.41) is 3.79. The largest absolute Gasteiger partial charge is 0.325 e. The molecule has 0 spiro atoms. The fraction of sp³-hybridized carbons (Fsp3) is 0.588. The number of nitrogens with zero attached hydrogens (tertiary/aromatic N) is 1. The van der Waals surface area contributed by atoms with E-state index in [4.69, 9.17) is 0 Å². The number of rotatable bonds is 6. The second-order valence-corrected chi connectivity index (χ2v) is 8.46. The Morgan fingerprint density at radius 3 is 2.91 bits per heavy atom. The molecule has 2 atom stereocenters. The van der Waals surface area contributed by atoms with E-state index in [1.807, 2.05) is 25.1 Å². The maximum atomic E-state index is 12.3. The summed E-state index contributed by atoms with van der Waals surface area (Å²) < 4.78 is 1.03. The minimum atomic E-state index is 0.0690. The minimum absolute atomic E-state index is 0.0690. The first-order chi connectivity index (χ1) is 10.5. The van der Waals surface area contributed by atoms with E-state index < -0.39 is 0 Å². The van der Waals surface area contributed by atoms with Crippen LogP contribution in [0.15, 0.2) is 22.7 Å². The van der Waals surface area contributed by atoms with Gasteiger partial charge in [0.05, 0.1) is 6.54 Å². The molecule has 0 unspecified atom stereocenters. The van der Waals surface area contributed by atoms with Crippen molar-refractivity contribution in [2.75, 3.05) is 24.7 Å². The minimum Gasteiger partial charge on any atom is -0.325 e. The lowest BCUT2D eigenvalue weighted by molar-refractivity contribution is -0.117. The zero-order valence-electron chi connectivity index (χ0n) is 13.6. The van der Waals surface area contributed by atoms with Crippen molar-refractivity contribution in [2.24, 2.45) is 0 Å². The van der Waals surface area contributed by atoms with Crippen LogP contribution < -0.4 is 5.32 Å². The SMILES string of the molecule is CCS[C@H]1CC[C@H](N(C)CC(=O)Nc2ccc(Br)cc2C)C1. The standard InChI is InChI=1S/C17H25BrN2OS/c1-4-22-15-7-6-14(10-15)20(3)11-17(21)19-16-8-5-13(18)9-12(16)2/h5,8-9,14-15H,4,6-7,10-11H2,1-3H3,(H,19,21)/t14-,15-/m0/s1. The van der Waals surface area contributed by atoms with Gasteiger partial charge in [-0.2, -0.15) is 11.8 Å². The summed E-state index contributed by atoms with van der Waals surface area (Å²) in [4.78, 5) is 14.5. The van der Waals surface area contributed by atoms with Gasteiger partial charge in [0, 0.05) is 21.5 Å². The van der Waals surface area contributed by atoms with Gasteiger partial charge in [0.2, 0.25) is 5.91 Å². The number of thioether (sulfide) groups is 1. The summed E-state index contributed by atoms with van der Waals surface area (Å²) in [5.41, 5.74) is 1.97. The summed E-state index contributed by atoms with van der Waals surface area (Å²) in [6.45, 7) is 4.69. The molecule has 22 heavy (non-hydrogen) atoms. The highest BCUT2D eigenvalue weighted by Gasteiger charge is 2.28. The fourth-order valence-electron chi connectivity index (χ4n) is 3.02. The molecule has 2 rings (SSSR count). The molecule has 0 aromatic heterocycles. The van der Waals surface area contributed by atoms with Crippen LogP contribution in [0.4, 0.5) is 5.69 Å². The molecule has 0 aliphatic heterocycles. The maximum Gasteiger partial charge on any atom is 0.238 e. The summed E-state index contributed by atoms with van der Waals surface area (Å²) in [6.07, 6.45) is 3.69. The van der Waals surface area contributed by atoms with Crippen molar-refractivity contribution in [3.63, 3.8) is 0 Å². The molecule has 1 aromatic carbocycles. The molecule has 1 N–H and O–H groups in total. The second-order valence-electron chi connectivity index (χ2n) is 5.97. The predicted molar refractivity (Wildman–Crippen MR) is 99.7 cm³/mol. The van der Waals surface area contributed by atoms with E-state index in [1.165, 1.54) is 25.0 Å². The van der Waals surface area contributed by atoms with E-state index >= 15 is 0 Å². The number of anilines is 1. The summed E-state index contributed by atoms with van der Waals surface area (Å²) >= 11 is 5.50. The van der Waals surface area contributed by atoms with Gasteiger partial charge in [-0.3, -0.25) is 9.69 Å². The summed E-state index contributed by atoms with van der Waals surface area (Å²) in [7, 11) is 2.07. The Kier molecular flexibility index (Phi) is 6.78. The average molecular weight is 385 g/mol. The Balaban J connectivity index is 1.84. The zero-order chi connectivity index (χ0) is 16.1. The number of carbonyl (C=O) groups excluding carboxylic acids is 1. The molecule has 122 valence electrons. The highest BCUT2D eigenvalue weighted by atomic mass is 79.9. The molecule has 1 saturated carbocycles. The van der Waals surface area contributed by atoms with E-state index in [-0.39, 0.29) is 5.91 Å². The van der Waals surface area contributed by atoms with Crippen molar-refractivity contribution in [3.8, 4) is 0 Å². The second kappa shape index (κ2) is 8.37. The number of halogens is 1. The molecule has 1 aromatic rings. The van der Waals surface area contributed by atoms with Crippen LogP contribution >= 0.6 is 27.7 Å². The van der Waals surface area contributed by atoms with Crippen molar-refractivity contribution in [1.29, 1.82) is 0 Å². The van der Waals surface area contributed by atoms with Gasteiger partial charge in [-0.1, -0.05) is 22.9 Å². The third kappa shape index (κ3) is 5.00. The van der Waals surface area contributed by atoms with Crippen molar-refractivity contribution >= 4 is 39.3 Å². The molecule has 3 nitrogen and oxygen atoms in total. The molecule has 1 fully saturated rings. The average Bonchev–Trinajstić information content (AvgIpc) is 2.91. The molecule has 1 amide bonds. The van der Waals surface area contributed by atoms with Gasteiger partial charge in [0.25, 0.3) is 0 Å². The number of carbonyl (C=O) groups is 1. The Morgan fingerprint density at radius 2 is 2.23 bits per heavy atom. The third-order valence-electron chi connectivity index (χ3n) is 4.24. The fourth-order valence-corrected chi connectivity index (χ4v) is 4.63. The first-order valence-electron chi connectivity index (χ1n) is 7.87. The zero-order valence-corrected chi connectivity index (χ0v) is 16.0. The van der Waals surface area contributed by atoms with Gasteiger partial charge >= 0.3 is 0 Å². The lowest BCUT2D eigenvalue weighted by atomic mass is 10.2. The summed E-state index contributed by atoms with van der Waals surface area (Å²) in [5.74, 6) is 1.25. The number of nitrogens with one attached hydrogen (secondary N) is 1. The quantitative estimate of drug-likeness (QED) is 0.793. The van der Waals surface area contributed by atoms with Gasteiger partial charge in [0.15, 0.2) is 0 Å². The van der Waals surface area contributed by atoms with E-state index in [2.05, 4.69) is 51.9 Å². The molecule has 1 aliphatic rings. The van der Waals surface area contributed by atoms with Crippen LogP contribution in [-0.2, 0) is 4.79 Å². The number of aryl methyl sites for hydroxylation is 1. The normalized spacial score (nSPS) is 21.3. The highest BCUT2D eigenvalue weighted by molar-refractivity contribution is 9.10. The van der Waals surface area contributed by atoms with E-state index in [9.17, 15) is 4.79 Å².